The van der Waals surface area contributed by atoms with Gasteiger partial charge in [-0.2, -0.15) is 0 Å². The molecule has 0 bridgehead atoms. The van der Waals surface area contributed by atoms with Gasteiger partial charge in [0.1, 0.15) is 11.4 Å². The van der Waals surface area contributed by atoms with E-state index in [4.69, 9.17) is 4.74 Å². The van der Waals surface area contributed by atoms with Crippen LogP contribution < -0.4 is 0 Å². The van der Waals surface area contributed by atoms with E-state index < -0.39 is 0 Å². The summed E-state index contributed by atoms with van der Waals surface area (Å²) in [5, 5.41) is 0. The van der Waals surface area contributed by atoms with Crippen molar-refractivity contribution in [2.75, 3.05) is 20.1 Å². The summed E-state index contributed by atoms with van der Waals surface area (Å²) >= 11 is 0. The lowest BCUT2D eigenvalue weighted by Gasteiger charge is -2.52. The Kier molecular flexibility index (Phi) is 3.90. The van der Waals surface area contributed by atoms with Crippen LogP contribution in [0.1, 0.15) is 34.1 Å². The molecule has 2 saturated heterocycles. The Bertz CT molecular complexity index is 234. The van der Waals surface area contributed by atoms with E-state index in [2.05, 4.69) is 11.9 Å². The van der Waals surface area contributed by atoms with Crippen LogP contribution in [0.25, 0.3) is 0 Å². The molecular weight excluding hydrogens is 190 g/mol. The van der Waals surface area contributed by atoms with Gasteiger partial charge in [0.05, 0.1) is 6.10 Å². The summed E-state index contributed by atoms with van der Waals surface area (Å²) < 4.78 is 5.90. The van der Waals surface area contributed by atoms with Crippen molar-refractivity contribution >= 4 is 5.78 Å². The summed E-state index contributed by atoms with van der Waals surface area (Å²) in [6.07, 6.45) is 0.706. The van der Waals surface area contributed by atoms with E-state index in [1.54, 1.807) is 0 Å². The Labute approximate surface area is 92.8 Å². The van der Waals surface area contributed by atoms with Crippen LogP contribution in [0.15, 0.2) is 0 Å². The first-order valence-corrected chi connectivity index (χ1v) is 5.91. The van der Waals surface area contributed by atoms with Crippen LogP contribution in [0.3, 0.4) is 0 Å². The van der Waals surface area contributed by atoms with Gasteiger partial charge in [-0.05, 0) is 14.0 Å². The zero-order valence-corrected chi connectivity index (χ0v) is 10.5. The van der Waals surface area contributed by atoms with Crippen LogP contribution in [-0.2, 0) is 9.53 Å². The van der Waals surface area contributed by atoms with Gasteiger partial charge in [0.2, 0.25) is 0 Å². The molecule has 2 atom stereocenters. The molecule has 0 aromatic rings. The lowest BCUT2D eigenvalue weighted by atomic mass is 9.80. The second-order valence-corrected chi connectivity index (χ2v) is 4.61. The van der Waals surface area contributed by atoms with Crippen LogP contribution in [0, 0.1) is 5.92 Å². The van der Waals surface area contributed by atoms with Gasteiger partial charge in [0.15, 0.2) is 0 Å². The van der Waals surface area contributed by atoms with Gasteiger partial charge in [0.25, 0.3) is 0 Å². The molecule has 1 spiro atoms. The molecule has 88 valence electrons. The van der Waals surface area contributed by atoms with E-state index in [-0.39, 0.29) is 17.6 Å². The minimum Gasteiger partial charge on any atom is -0.368 e. The molecule has 3 heteroatoms. The van der Waals surface area contributed by atoms with Crippen molar-refractivity contribution in [2.24, 2.45) is 5.92 Å². The first-order valence-electron chi connectivity index (χ1n) is 5.91. The Morgan fingerprint density at radius 1 is 1.33 bits per heavy atom. The van der Waals surface area contributed by atoms with Crippen LogP contribution in [0.2, 0.25) is 0 Å². The molecule has 0 aromatic carbocycles. The van der Waals surface area contributed by atoms with Crippen molar-refractivity contribution in [1.82, 2.24) is 4.90 Å². The van der Waals surface area contributed by atoms with E-state index in [9.17, 15) is 4.79 Å². The van der Waals surface area contributed by atoms with Crippen LogP contribution in [-0.4, -0.2) is 42.5 Å². The lowest BCUT2D eigenvalue weighted by molar-refractivity contribution is -0.201. The fraction of sp³-hybridized carbons (Fsp3) is 0.917. The van der Waals surface area contributed by atoms with E-state index in [0.717, 1.165) is 13.1 Å². The number of likely N-dealkylation sites (N-methyl/N-ethyl adjacent to an activating group) is 1. The molecule has 2 rings (SSSR count). The number of carbonyl (C=O) groups is 1. The monoisotopic (exact) mass is 213 g/mol. The third-order valence-corrected chi connectivity index (χ3v) is 3.26. The van der Waals surface area contributed by atoms with Crippen molar-refractivity contribution in [3.63, 3.8) is 0 Å². The minimum absolute atomic E-state index is 0.0801. The predicted octanol–water partition coefficient (Wildman–Crippen LogP) is 1.71. The fourth-order valence-corrected chi connectivity index (χ4v) is 2.40. The van der Waals surface area contributed by atoms with Gasteiger partial charge in [0, 0.05) is 25.4 Å². The predicted molar refractivity (Wildman–Crippen MR) is 60.9 cm³/mol. The zero-order chi connectivity index (χ0) is 11.6. The first kappa shape index (κ1) is 12.7. The highest BCUT2D eigenvalue weighted by Gasteiger charge is 2.49. The molecule has 0 saturated carbocycles. The molecule has 0 N–H and O–H groups in total. The number of hydrogen-bond acceptors (Lipinski definition) is 3. The highest BCUT2D eigenvalue weighted by molar-refractivity contribution is 5.83. The summed E-state index contributed by atoms with van der Waals surface area (Å²) in [5.41, 5.74) is -0.127. The highest BCUT2D eigenvalue weighted by Crippen LogP contribution is 2.36. The lowest BCUT2D eigenvalue weighted by Crippen LogP contribution is -2.66. The molecule has 2 aliphatic rings. The highest BCUT2D eigenvalue weighted by atomic mass is 16.5. The molecule has 3 nitrogen and oxygen atoms in total. The van der Waals surface area contributed by atoms with Crippen molar-refractivity contribution < 1.29 is 9.53 Å². The number of hydrogen-bond donors (Lipinski definition) is 0. The molecule has 2 aliphatic heterocycles. The minimum atomic E-state index is -0.127. The van der Waals surface area contributed by atoms with Crippen molar-refractivity contribution in [2.45, 2.75) is 45.8 Å². The summed E-state index contributed by atoms with van der Waals surface area (Å²) in [6, 6.07) is 0. The molecular formula is C12H23NO2. The van der Waals surface area contributed by atoms with E-state index in [1.807, 2.05) is 27.7 Å². The first-order chi connectivity index (χ1) is 7.02. The maximum atomic E-state index is 11.6. The average Bonchev–Trinajstić information content (AvgIpc) is 2.15. The Morgan fingerprint density at radius 3 is 2.27 bits per heavy atom. The van der Waals surface area contributed by atoms with Crippen LogP contribution in [0.5, 0.6) is 0 Å². The van der Waals surface area contributed by atoms with E-state index in [0.29, 0.717) is 12.2 Å². The summed E-state index contributed by atoms with van der Waals surface area (Å²) in [4.78, 5) is 13.8. The number of likely N-dealkylation sites (tertiary alicyclic amines) is 1. The third kappa shape index (κ3) is 2.40. The van der Waals surface area contributed by atoms with Crippen molar-refractivity contribution in [3.8, 4) is 0 Å². The van der Waals surface area contributed by atoms with Gasteiger partial charge in [-0.3, -0.25) is 4.79 Å². The standard InChI is InChI=1S/C10H17NO2.C2H6/c1-7-8(2)13-10(4-9(7)12)5-11(3)6-10;1-2/h7-8H,4-6H2,1-3H3;1-2H3. The van der Waals surface area contributed by atoms with E-state index in [1.165, 1.54) is 0 Å². The number of carbonyl (C=O) groups excluding carboxylic acids is 1. The van der Waals surface area contributed by atoms with Crippen molar-refractivity contribution in [3.05, 3.63) is 0 Å². The topological polar surface area (TPSA) is 29.5 Å². The van der Waals surface area contributed by atoms with Gasteiger partial charge >= 0.3 is 0 Å². The third-order valence-electron chi connectivity index (χ3n) is 3.26. The quantitative estimate of drug-likeness (QED) is 0.613. The number of ether oxygens (including phenoxy) is 1. The molecule has 2 heterocycles. The molecule has 0 aliphatic carbocycles. The largest absolute Gasteiger partial charge is 0.368 e. The zero-order valence-electron chi connectivity index (χ0n) is 10.5. The maximum absolute atomic E-state index is 11.6. The second-order valence-electron chi connectivity index (χ2n) is 4.61. The van der Waals surface area contributed by atoms with Crippen molar-refractivity contribution in [1.29, 1.82) is 0 Å². The van der Waals surface area contributed by atoms with Gasteiger partial charge in [-0.1, -0.05) is 20.8 Å². The van der Waals surface area contributed by atoms with Gasteiger partial charge in [-0.25, -0.2) is 0 Å². The molecule has 0 radical (unpaired) electrons. The second kappa shape index (κ2) is 4.62. The van der Waals surface area contributed by atoms with Gasteiger partial charge in [-0.15, -0.1) is 0 Å². The normalized spacial score (nSPS) is 34.3. The number of rotatable bonds is 0. The Hall–Kier alpha value is -0.410. The smallest absolute Gasteiger partial charge is 0.141 e. The summed E-state index contributed by atoms with van der Waals surface area (Å²) in [6.45, 7) is 9.79. The number of Topliss-reactive ketones (excluding diaryl/α,β-unsaturated/α-hetero) is 1. The van der Waals surface area contributed by atoms with E-state index >= 15 is 0 Å². The fourth-order valence-electron chi connectivity index (χ4n) is 2.40. The van der Waals surface area contributed by atoms with Crippen LogP contribution in [0.4, 0.5) is 0 Å². The summed E-state index contributed by atoms with van der Waals surface area (Å²) in [5.74, 6) is 0.448. The van der Waals surface area contributed by atoms with Gasteiger partial charge < -0.3 is 9.64 Å². The molecule has 0 aromatic heterocycles. The number of ketones is 1. The Balaban J connectivity index is 0.000000531. The molecule has 15 heavy (non-hydrogen) atoms. The maximum Gasteiger partial charge on any atom is 0.141 e. The molecule has 2 unspecified atom stereocenters. The number of nitrogens with zero attached hydrogens (tertiary/aromatic N) is 1. The molecule has 2 fully saturated rings. The SMILES string of the molecule is CC.CC1OC2(CC(=O)C1C)CN(C)C2. The molecule has 0 amide bonds. The van der Waals surface area contributed by atoms with Crippen LogP contribution >= 0.6 is 0 Å². The summed E-state index contributed by atoms with van der Waals surface area (Å²) in [7, 11) is 2.06. The Morgan fingerprint density at radius 2 is 1.87 bits per heavy atom. The average molecular weight is 213 g/mol.